The van der Waals surface area contributed by atoms with E-state index in [2.05, 4.69) is 18.7 Å². The maximum atomic E-state index is 12.5. The number of hydrogen-bond donors (Lipinski definition) is 1. The number of nitrogens with zero attached hydrogens (tertiary/aromatic N) is 1. The number of hydrogen-bond acceptors (Lipinski definition) is 5. The van der Waals surface area contributed by atoms with E-state index in [1.54, 1.807) is 18.7 Å². The molecule has 1 aliphatic carbocycles. The Morgan fingerprint density at radius 3 is 2.43 bits per heavy atom. The van der Waals surface area contributed by atoms with Crippen LogP contribution < -0.4 is 5.73 Å². The Bertz CT molecular complexity index is 443. The molecule has 3 unspecified atom stereocenters. The van der Waals surface area contributed by atoms with E-state index in [0.29, 0.717) is 24.1 Å². The van der Waals surface area contributed by atoms with E-state index in [9.17, 15) is 8.42 Å². The summed E-state index contributed by atoms with van der Waals surface area (Å²) in [5.74, 6) is 3.18. The molecule has 0 radical (unpaired) electrons. The summed E-state index contributed by atoms with van der Waals surface area (Å²) in [6.07, 6.45) is 3.30. The first-order valence-electron chi connectivity index (χ1n) is 8.11. The van der Waals surface area contributed by atoms with Crippen molar-refractivity contribution in [3.63, 3.8) is 0 Å². The minimum Gasteiger partial charge on any atom is -0.329 e. The van der Waals surface area contributed by atoms with Gasteiger partial charge >= 0.3 is 0 Å². The van der Waals surface area contributed by atoms with Crippen molar-refractivity contribution >= 4 is 21.6 Å². The average Bonchev–Trinajstić information content (AvgIpc) is 2.46. The molecule has 0 bridgehead atoms. The van der Waals surface area contributed by atoms with E-state index in [-0.39, 0.29) is 16.7 Å². The maximum Gasteiger partial charge on any atom is 0.166 e. The lowest BCUT2D eigenvalue weighted by molar-refractivity contribution is 0.0161. The fourth-order valence-corrected chi connectivity index (χ4v) is 7.46. The summed E-state index contributed by atoms with van der Waals surface area (Å²) in [6.45, 7) is 7.74. The molecule has 2 aliphatic rings. The van der Waals surface area contributed by atoms with E-state index >= 15 is 0 Å². The van der Waals surface area contributed by atoms with Crippen LogP contribution in [0.5, 0.6) is 0 Å². The molecule has 6 heteroatoms. The quantitative estimate of drug-likeness (QED) is 0.851. The molecular weight excluding hydrogens is 304 g/mol. The van der Waals surface area contributed by atoms with Crippen molar-refractivity contribution in [3.05, 3.63) is 0 Å². The van der Waals surface area contributed by atoms with E-state index in [4.69, 9.17) is 5.73 Å². The van der Waals surface area contributed by atoms with Gasteiger partial charge < -0.3 is 5.73 Å². The third-order valence-corrected chi connectivity index (χ3v) is 8.44. The number of rotatable bonds is 4. The second kappa shape index (κ2) is 6.77. The number of thioether (sulfide) groups is 1. The number of sulfone groups is 1. The highest BCUT2D eigenvalue weighted by molar-refractivity contribution is 8.01. The number of nitrogens with two attached hydrogens (primary N) is 1. The molecule has 0 spiro atoms. The minimum absolute atomic E-state index is 0.120. The standard InChI is InChI=1S/C15H30N2O2S2/c1-4-21(18,19)14-10-20-6-5-17(14)15(11-16)8-12(2)7-13(3)9-15/h12-14H,4-11,16H2,1-3H3. The van der Waals surface area contributed by atoms with Gasteiger partial charge in [-0.15, -0.1) is 0 Å². The van der Waals surface area contributed by atoms with Crippen LogP contribution in [-0.2, 0) is 9.84 Å². The van der Waals surface area contributed by atoms with Gasteiger partial charge in [-0.25, -0.2) is 8.42 Å². The third-order valence-electron chi connectivity index (χ3n) is 5.15. The summed E-state index contributed by atoms with van der Waals surface area (Å²) in [5.41, 5.74) is 6.08. The van der Waals surface area contributed by atoms with Crippen molar-refractivity contribution in [2.45, 2.75) is 50.9 Å². The predicted octanol–water partition coefficient (Wildman–Crippen LogP) is 1.95. The molecule has 4 nitrogen and oxygen atoms in total. The zero-order valence-electron chi connectivity index (χ0n) is 13.5. The minimum atomic E-state index is -3.05. The highest BCUT2D eigenvalue weighted by Gasteiger charge is 2.47. The van der Waals surface area contributed by atoms with Crippen molar-refractivity contribution in [1.29, 1.82) is 0 Å². The van der Waals surface area contributed by atoms with Gasteiger partial charge in [-0.05, 0) is 31.1 Å². The molecule has 1 aliphatic heterocycles. The van der Waals surface area contributed by atoms with Crippen molar-refractivity contribution < 1.29 is 8.42 Å². The highest BCUT2D eigenvalue weighted by Crippen LogP contribution is 2.42. The SMILES string of the molecule is CCS(=O)(=O)C1CSCCN1C1(CN)CC(C)CC(C)C1. The summed E-state index contributed by atoms with van der Waals surface area (Å²) in [7, 11) is -3.05. The summed E-state index contributed by atoms with van der Waals surface area (Å²) < 4.78 is 25.1. The van der Waals surface area contributed by atoms with Gasteiger partial charge in [0.25, 0.3) is 0 Å². The summed E-state index contributed by atoms with van der Waals surface area (Å²) >= 11 is 1.76. The van der Waals surface area contributed by atoms with Crippen LogP contribution in [0.4, 0.5) is 0 Å². The van der Waals surface area contributed by atoms with E-state index in [0.717, 1.165) is 25.1 Å². The Hall–Kier alpha value is 0.220. The maximum absolute atomic E-state index is 12.5. The molecule has 1 heterocycles. The van der Waals surface area contributed by atoms with Crippen LogP contribution in [0.3, 0.4) is 0 Å². The van der Waals surface area contributed by atoms with E-state index < -0.39 is 9.84 Å². The molecule has 2 N–H and O–H groups in total. The zero-order chi connectivity index (χ0) is 15.7. The normalized spacial score (nSPS) is 39.3. The Balaban J connectivity index is 2.33. The van der Waals surface area contributed by atoms with E-state index in [1.807, 2.05) is 0 Å². The molecular formula is C15H30N2O2S2. The lowest BCUT2D eigenvalue weighted by Crippen LogP contribution is -2.64. The Morgan fingerprint density at radius 2 is 1.90 bits per heavy atom. The predicted molar refractivity (Wildman–Crippen MR) is 91.2 cm³/mol. The van der Waals surface area contributed by atoms with Crippen LogP contribution in [0, 0.1) is 11.8 Å². The smallest absolute Gasteiger partial charge is 0.166 e. The molecule has 0 aromatic heterocycles. The first-order valence-corrected chi connectivity index (χ1v) is 11.0. The van der Waals surface area contributed by atoms with Gasteiger partial charge in [-0.3, -0.25) is 4.90 Å². The largest absolute Gasteiger partial charge is 0.329 e. The Labute approximate surface area is 134 Å². The van der Waals surface area contributed by atoms with Gasteiger partial charge in [0.05, 0.1) is 0 Å². The summed E-state index contributed by atoms with van der Waals surface area (Å²) in [6, 6.07) is 0. The van der Waals surface area contributed by atoms with Crippen LogP contribution in [0.25, 0.3) is 0 Å². The van der Waals surface area contributed by atoms with Crippen LogP contribution in [0.15, 0.2) is 0 Å². The van der Waals surface area contributed by atoms with Gasteiger partial charge in [0, 0.05) is 35.9 Å². The third kappa shape index (κ3) is 3.59. The first kappa shape index (κ1) is 17.6. The van der Waals surface area contributed by atoms with Crippen molar-refractivity contribution in [2.75, 3.05) is 30.3 Å². The Morgan fingerprint density at radius 1 is 1.29 bits per heavy atom. The lowest BCUT2D eigenvalue weighted by atomic mass is 9.70. The van der Waals surface area contributed by atoms with Crippen LogP contribution >= 0.6 is 11.8 Å². The molecule has 0 aromatic rings. The fourth-order valence-electron chi connectivity index (χ4n) is 4.37. The van der Waals surface area contributed by atoms with Gasteiger partial charge in [-0.1, -0.05) is 20.8 Å². The molecule has 3 atom stereocenters. The van der Waals surface area contributed by atoms with Crippen molar-refractivity contribution in [1.82, 2.24) is 4.90 Å². The lowest BCUT2D eigenvalue weighted by Gasteiger charge is -2.53. The van der Waals surface area contributed by atoms with E-state index in [1.165, 1.54) is 6.42 Å². The van der Waals surface area contributed by atoms with Crippen molar-refractivity contribution in [3.8, 4) is 0 Å². The highest BCUT2D eigenvalue weighted by atomic mass is 32.2. The average molecular weight is 335 g/mol. The molecule has 0 amide bonds. The second-order valence-corrected chi connectivity index (χ2v) is 10.6. The topological polar surface area (TPSA) is 63.4 Å². The van der Waals surface area contributed by atoms with Gasteiger partial charge in [0.2, 0.25) is 0 Å². The van der Waals surface area contributed by atoms with Crippen LogP contribution in [-0.4, -0.2) is 54.6 Å². The molecule has 2 fully saturated rings. The zero-order valence-corrected chi connectivity index (χ0v) is 15.2. The Kier molecular flexibility index (Phi) is 5.66. The van der Waals surface area contributed by atoms with Gasteiger partial charge in [0.1, 0.15) is 5.37 Å². The molecule has 2 rings (SSSR count). The molecule has 21 heavy (non-hydrogen) atoms. The molecule has 124 valence electrons. The second-order valence-electron chi connectivity index (χ2n) is 6.96. The van der Waals surface area contributed by atoms with Gasteiger partial charge in [0.15, 0.2) is 9.84 Å². The first-order chi connectivity index (χ1) is 9.84. The van der Waals surface area contributed by atoms with Gasteiger partial charge in [-0.2, -0.15) is 11.8 Å². The molecule has 1 saturated carbocycles. The molecule has 1 saturated heterocycles. The van der Waals surface area contributed by atoms with Crippen molar-refractivity contribution in [2.24, 2.45) is 17.6 Å². The van der Waals surface area contributed by atoms with Crippen LogP contribution in [0.1, 0.15) is 40.0 Å². The fraction of sp³-hybridized carbons (Fsp3) is 1.00. The molecule has 0 aromatic carbocycles. The van der Waals surface area contributed by atoms with Crippen LogP contribution in [0.2, 0.25) is 0 Å². The monoisotopic (exact) mass is 334 g/mol. The summed E-state index contributed by atoms with van der Waals surface area (Å²) in [4.78, 5) is 2.27. The summed E-state index contributed by atoms with van der Waals surface area (Å²) in [5, 5.41) is -0.345.